The fraction of sp³-hybridized carbons (Fsp3) is 0.300. The van der Waals surface area contributed by atoms with Crippen LogP contribution in [0, 0.1) is 0 Å². The summed E-state index contributed by atoms with van der Waals surface area (Å²) in [5, 5.41) is 9.60. The van der Waals surface area contributed by atoms with Crippen LogP contribution < -0.4 is 0 Å². The summed E-state index contributed by atoms with van der Waals surface area (Å²) in [7, 11) is 0. The normalized spacial score (nSPS) is 12.5. The maximum Gasteiger partial charge on any atom is 0.332 e. The van der Waals surface area contributed by atoms with Crippen LogP contribution in [0.5, 0.6) is 0 Å². The molecule has 3 nitrogen and oxygen atoms in total. The average Bonchev–Trinajstić information content (AvgIpc) is 2.15. The highest BCUT2D eigenvalue weighted by Crippen LogP contribution is 2.21. The highest BCUT2D eigenvalue weighted by atomic mass is 35.5. The molecule has 0 saturated heterocycles. The lowest BCUT2D eigenvalue weighted by Crippen LogP contribution is -2.19. The monoisotopic (exact) mass is 248 g/mol. The van der Waals surface area contributed by atoms with E-state index in [1.54, 1.807) is 18.2 Å². The number of ether oxygens (including phenoxy) is 1. The number of hydrogen-bond acceptors (Lipinski definition) is 2. The van der Waals surface area contributed by atoms with E-state index in [0.29, 0.717) is 15.6 Å². The SMILES string of the molecule is C[C@@H](OCc1ccc(Cl)cc1Cl)C(=O)O. The smallest absolute Gasteiger partial charge is 0.332 e. The van der Waals surface area contributed by atoms with Crippen molar-refractivity contribution < 1.29 is 14.6 Å². The van der Waals surface area contributed by atoms with Crippen LogP contribution in [0.2, 0.25) is 10.0 Å². The van der Waals surface area contributed by atoms with Gasteiger partial charge in [0, 0.05) is 10.0 Å². The highest BCUT2D eigenvalue weighted by Gasteiger charge is 2.11. The Hall–Kier alpha value is -0.770. The zero-order chi connectivity index (χ0) is 11.4. The minimum Gasteiger partial charge on any atom is -0.479 e. The number of halogens is 2. The Kier molecular flexibility index (Phi) is 4.39. The number of carboxylic acid groups (broad SMARTS) is 1. The topological polar surface area (TPSA) is 46.5 Å². The molecule has 0 fully saturated rings. The molecule has 5 heteroatoms. The molecule has 1 rings (SSSR count). The summed E-state index contributed by atoms with van der Waals surface area (Å²) in [4.78, 5) is 10.5. The van der Waals surface area contributed by atoms with Gasteiger partial charge in [0.1, 0.15) is 0 Å². The van der Waals surface area contributed by atoms with E-state index in [0.717, 1.165) is 0 Å². The molecule has 0 aliphatic rings. The Balaban J connectivity index is 2.62. The van der Waals surface area contributed by atoms with Gasteiger partial charge in [-0.3, -0.25) is 0 Å². The molecule has 0 bridgehead atoms. The third kappa shape index (κ3) is 3.70. The van der Waals surface area contributed by atoms with Crippen molar-refractivity contribution in [2.75, 3.05) is 0 Å². The molecule has 0 aliphatic heterocycles. The van der Waals surface area contributed by atoms with Gasteiger partial charge >= 0.3 is 5.97 Å². The van der Waals surface area contributed by atoms with Gasteiger partial charge in [-0.1, -0.05) is 29.3 Å². The number of rotatable bonds is 4. The predicted octanol–water partition coefficient (Wildman–Crippen LogP) is 2.98. The van der Waals surface area contributed by atoms with E-state index in [9.17, 15) is 4.79 Å². The maximum atomic E-state index is 10.5. The molecular weight excluding hydrogens is 239 g/mol. The lowest BCUT2D eigenvalue weighted by atomic mass is 10.2. The van der Waals surface area contributed by atoms with E-state index >= 15 is 0 Å². The van der Waals surface area contributed by atoms with Gasteiger partial charge in [-0.05, 0) is 24.6 Å². The standard InChI is InChI=1S/C10H10Cl2O3/c1-6(10(13)14)15-5-7-2-3-8(11)4-9(7)12/h2-4,6H,5H2,1H3,(H,13,14)/t6-/m1/s1. The van der Waals surface area contributed by atoms with Crippen LogP contribution in [0.4, 0.5) is 0 Å². The molecule has 15 heavy (non-hydrogen) atoms. The zero-order valence-corrected chi connectivity index (χ0v) is 9.55. The van der Waals surface area contributed by atoms with Gasteiger partial charge in [-0.2, -0.15) is 0 Å². The fourth-order valence-corrected chi connectivity index (χ4v) is 1.39. The van der Waals surface area contributed by atoms with Crippen molar-refractivity contribution in [2.24, 2.45) is 0 Å². The molecule has 0 aliphatic carbocycles. The van der Waals surface area contributed by atoms with Crippen LogP contribution in [0.3, 0.4) is 0 Å². The molecule has 82 valence electrons. The molecule has 0 saturated carbocycles. The van der Waals surface area contributed by atoms with E-state index in [1.165, 1.54) is 6.92 Å². The van der Waals surface area contributed by atoms with Gasteiger partial charge in [-0.15, -0.1) is 0 Å². The van der Waals surface area contributed by atoms with Crippen LogP contribution in [-0.4, -0.2) is 17.2 Å². The average molecular weight is 249 g/mol. The van der Waals surface area contributed by atoms with Crippen LogP contribution in [0.25, 0.3) is 0 Å². The Bertz CT molecular complexity index is 366. The summed E-state index contributed by atoms with van der Waals surface area (Å²) in [5.41, 5.74) is 0.717. The zero-order valence-electron chi connectivity index (χ0n) is 8.04. The Labute approximate surface area is 97.6 Å². The summed E-state index contributed by atoms with van der Waals surface area (Å²) >= 11 is 11.6. The quantitative estimate of drug-likeness (QED) is 0.892. The number of carboxylic acids is 1. The summed E-state index contributed by atoms with van der Waals surface area (Å²) in [6, 6.07) is 4.98. The van der Waals surface area contributed by atoms with Gasteiger partial charge in [-0.25, -0.2) is 4.79 Å². The number of benzene rings is 1. The lowest BCUT2D eigenvalue weighted by molar-refractivity contribution is -0.149. The van der Waals surface area contributed by atoms with Crippen molar-refractivity contribution >= 4 is 29.2 Å². The van der Waals surface area contributed by atoms with Crippen LogP contribution in [-0.2, 0) is 16.1 Å². The molecule has 1 aromatic carbocycles. The summed E-state index contributed by atoms with van der Waals surface area (Å²) < 4.78 is 5.08. The van der Waals surface area contributed by atoms with Crippen molar-refractivity contribution in [3.8, 4) is 0 Å². The van der Waals surface area contributed by atoms with Crippen molar-refractivity contribution in [1.29, 1.82) is 0 Å². The Morgan fingerprint density at radius 1 is 1.53 bits per heavy atom. The van der Waals surface area contributed by atoms with Crippen molar-refractivity contribution in [3.63, 3.8) is 0 Å². The van der Waals surface area contributed by atoms with Gasteiger partial charge in [0.25, 0.3) is 0 Å². The first-order valence-corrected chi connectivity index (χ1v) is 5.04. The first-order valence-electron chi connectivity index (χ1n) is 4.29. The van der Waals surface area contributed by atoms with Crippen LogP contribution >= 0.6 is 23.2 Å². The second-order valence-electron chi connectivity index (χ2n) is 3.03. The van der Waals surface area contributed by atoms with Crippen molar-refractivity contribution in [3.05, 3.63) is 33.8 Å². The van der Waals surface area contributed by atoms with E-state index < -0.39 is 12.1 Å². The Morgan fingerprint density at radius 2 is 2.20 bits per heavy atom. The van der Waals surface area contributed by atoms with Gasteiger partial charge in [0.2, 0.25) is 0 Å². The molecule has 1 atom stereocenters. The first kappa shape index (κ1) is 12.3. The third-order valence-corrected chi connectivity index (χ3v) is 2.44. The van der Waals surface area contributed by atoms with Gasteiger partial charge in [0.05, 0.1) is 6.61 Å². The van der Waals surface area contributed by atoms with E-state index in [4.69, 9.17) is 33.0 Å². The van der Waals surface area contributed by atoms with E-state index in [2.05, 4.69) is 0 Å². The van der Waals surface area contributed by atoms with E-state index in [1.807, 2.05) is 0 Å². The van der Waals surface area contributed by atoms with Gasteiger partial charge < -0.3 is 9.84 Å². The molecule has 0 aromatic heterocycles. The van der Waals surface area contributed by atoms with Crippen molar-refractivity contribution in [1.82, 2.24) is 0 Å². The number of aliphatic carboxylic acids is 1. The molecule has 0 unspecified atom stereocenters. The third-order valence-electron chi connectivity index (χ3n) is 1.85. The second kappa shape index (κ2) is 5.35. The lowest BCUT2D eigenvalue weighted by Gasteiger charge is -2.09. The molecule has 1 aromatic rings. The minimum absolute atomic E-state index is 0.156. The molecule has 0 spiro atoms. The largest absolute Gasteiger partial charge is 0.479 e. The first-order chi connectivity index (χ1) is 7.00. The molecule has 1 N–H and O–H groups in total. The van der Waals surface area contributed by atoms with Gasteiger partial charge in [0.15, 0.2) is 6.10 Å². The molecule has 0 radical (unpaired) electrons. The Morgan fingerprint density at radius 3 is 2.73 bits per heavy atom. The summed E-state index contributed by atoms with van der Waals surface area (Å²) in [6.45, 7) is 1.62. The van der Waals surface area contributed by atoms with Crippen molar-refractivity contribution in [2.45, 2.75) is 19.6 Å². The molecule has 0 heterocycles. The summed E-state index contributed by atoms with van der Waals surface area (Å²) in [5.74, 6) is -1.000. The number of carbonyl (C=O) groups is 1. The molecular formula is C10H10Cl2O3. The fourth-order valence-electron chi connectivity index (χ4n) is 0.925. The minimum atomic E-state index is -1.000. The van der Waals surface area contributed by atoms with Crippen LogP contribution in [0.1, 0.15) is 12.5 Å². The molecule has 0 amide bonds. The number of hydrogen-bond donors (Lipinski definition) is 1. The van der Waals surface area contributed by atoms with E-state index in [-0.39, 0.29) is 6.61 Å². The maximum absolute atomic E-state index is 10.5. The second-order valence-corrected chi connectivity index (χ2v) is 3.87. The predicted molar refractivity (Wildman–Crippen MR) is 58.3 cm³/mol. The highest BCUT2D eigenvalue weighted by molar-refractivity contribution is 6.35. The summed E-state index contributed by atoms with van der Waals surface area (Å²) in [6.07, 6.45) is -0.850. The van der Waals surface area contributed by atoms with Crippen LogP contribution in [0.15, 0.2) is 18.2 Å².